The first-order chi connectivity index (χ1) is 11.2. The topological polar surface area (TPSA) is 55.4 Å². The first-order valence-corrected chi connectivity index (χ1v) is 8.68. The van der Waals surface area contributed by atoms with Crippen LogP contribution in [0.4, 0.5) is 13.2 Å². The maximum Gasteiger partial charge on any atom is 0.422 e. The molecule has 0 aliphatic rings. The maximum absolute atomic E-state index is 12.0. The van der Waals surface area contributed by atoms with E-state index < -0.39 is 22.8 Å². The van der Waals surface area contributed by atoms with E-state index in [4.69, 9.17) is 0 Å². The van der Waals surface area contributed by atoms with Crippen LogP contribution in [0.1, 0.15) is 11.1 Å². The van der Waals surface area contributed by atoms with Crippen molar-refractivity contribution in [1.82, 2.24) is 4.72 Å². The lowest BCUT2D eigenvalue weighted by molar-refractivity contribution is -0.153. The lowest BCUT2D eigenvalue weighted by Gasteiger charge is -2.10. The van der Waals surface area contributed by atoms with Gasteiger partial charge in [0.1, 0.15) is 5.75 Å². The Morgan fingerprint density at radius 1 is 0.917 bits per heavy atom. The molecule has 0 heterocycles. The molecule has 2 aromatic carbocycles. The van der Waals surface area contributed by atoms with Gasteiger partial charge in [0, 0.05) is 6.54 Å². The Morgan fingerprint density at radius 2 is 1.54 bits per heavy atom. The smallest absolute Gasteiger partial charge is 0.422 e. The lowest BCUT2D eigenvalue weighted by atomic mass is 10.2. The molecule has 0 saturated carbocycles. The Hall–Kier alpha value is -2.06. The second-order valence-electron chi connectivity index (χ2n) is 5.11. The van der Waals surface area contributed by atoms with Gasteiger partial charge in [0.05, 0.1) is 5.75 Å². The van der Waals surface area contributed by atoms with Crippen LogP contribution in [0.2, 0.25) is 0 Å². The molecule has 0 aliphatic heterocycles. The van der Waals surface area contributed by atoms with Gasteiger partial charge in [-0.2, -0.15) is 13.2 Å². The van der Waals surface area contributed by atoms with Crippen LogP contribution < -0.4 is 9.46 Å². The van der Waals surface area contributed by atoms with Gasteiger partial charge in [0.2, 0.25) is 10.0 Å². The summed E-state index contributed by atoms with van der Waals surface area (Å²) in [7, 11) is -3.50. The number of halogens is 3. The maximum atomic E-state index is 12.0. The van der Waals surface area contributed by atoms with E-state index >= 15 is 0 Å². The highest BCUT2D eigenvalue weighted by Crippen LogP contribution is 2.19. The Bertz CT molecular complexity index is 744. The minimum Gasteiger partial charge on any atom is -0.484 e. The van der Waals surface area contributed by atoms with E-state index in [0.717, 1.165) is 0 Å². The van der Waals surface area contributed by atoms with Gasteiger partial charge in [0.15, 0.2) is 6.61 Å². The van der Waals surface area contributed by atoms with Gasteiger partial charge in [-0.3, -0.25) is 0 Å². The quantitative estimate of drug-likeness (QED) is 0.826. The van der Waals surface area contributed by atoms with Crippen molar-refractivity contribution >= 4 is 10.0 Å². The number of alkyl halides is 3. The normalized spacial score (nSPS) is 12.1. The Balaban J connectivity index is 1.87. The molecule has 0 fully saturated rings. The molecular weight excluding hydrogens is 343 g/mol. The molecule has 2 aromatic rings. The fraction of sp³-hybridized carbons (Fsp3) is 0.250. The van der Waals surface area contributed by atoms with Crippen LogP contribution in [0.25, 0.3) is 0 Å². The minimum absolute atomic E-state index is 0.0503. The monoisotopic (exact) mass is 359 g/mol. The van der Waals surface area contributed by atoms with Crippen LogP contribution >= 0.6 is 0 Å². The predicted molar refractivity (Wildman–Crippen MR) is 83.9 cm³/mol. The molecule has 0 atom stereocenters. The van der Waals surface area contributed by atoms with E-state index in [9.17, 15) is 21.6 Å². The third kappa shape index (κ3) is 6.59. The van der Waals surface area contributed by atoms with E-state index in [0.29, 0.717) is 11.1 Å². The van der Waals surface area contributed by atoms with Gasteiger partial charge in [-0.15, -0.1) is 0 Å². The first kappa shape index (κ1) is 18.3. The number of hydrogen-bond acceptors (Lipinski definition) is 3. The molecule has 0 aliphatic carbocycles. The van der Waals surface area contributed by atoms with Crippen molar-refractivity contribution in [2.75, 3.05) is 6.61 Å². The van der Waals surface area contributed by atoms with Gasteiger partial charge < -0.3 is 4.74 Å². The molecule has 1 N–H and O–H groups in total. The molecule has 0 saturated heterocycles. The summed E-state index contributed by atoms with van der Waals surface area (Å²) in [6.45, 7) is -1.31. The summed E-state index contributed by atoms with van der Waals surface area (Å²) in [5, 5.41) is 0. The number of nitrogens with one attached hydrogen (secondary N) is 1. The molecule has 0 amide bonds. The number of benzene rings is 2. The standard InChI is InChI=1S/C16H16F3NO3S/c17-16(18,19)12-23-15-8-6-13(7-9-15)10-20-24(21,22)11-14-4-2-1-3-5-14/h1-9,20H,10-12H2. The molecule has 4 nitrogen and oxygen atoms in total. The molecule has 2 rings (SSSR count). The summed E-state index contributed by atoms with van der Waals surface area (Å²) in [4.78, 5) is 0. The molecule has 130 valence electrons. The van der Waals surface area contributed by atoms with Crippen LogP contribution in [0, 0.1) is 0 Å². The van der Waals surface area contributed by atoms with Gasteiger partial charge in [-0.1, -0.05) is 42.5 Å². The average Bonchev–Trinajstić information content (AvgIpc) is 2.52. The third-order valence-corrected chi connectivity index (χ3v) is 4.32. The van der Waals surface area contributed by atoms with Crippen LogP contribution in [0.15, 0.2) is 54.6 Å². The summed E-state index contributed by atoms with van der Waals surface area (Å²) >= 11 is 0. The van der Waals surface area contributed by atoms with E-state index in [1.807, 2.05) is 0 Å². The van der Waals surface area contributed by atoms with Crippen LogP contribution in [-0.4, -0.2) is 21.2 Å². The van der Waals surface area contributed by atoms with Crippen molar-refractivity contribution in [2.45, 2.75) is 18.5 Å². The highest BCUT2D eigenvalue weighted by atomic mass is 32.2. The van der Waals surface area contributed by atoms with Gasteiger partial charge in [-0.25, -0.2) is 13.1 Å². The molecule has 0 spiro atoms. The molecule has 0 aromatic heterocycles. The van der Waals surface area contributed by atoms with E-state index in [1.54, 1.807) is 30.3 Å². The summed E-state index contributed by atoms with van der Waals surface area (Å²) in [6.07, 6.45) is -4.40. The second-order valence-corrected chi connectivity index (χ2v) is 6.92. The number of ether oxygens (including phenoxy) is 1. The van der Waals surface area contributed by atoms with Gasteiger partial charge in [0.25, 0.3) is 0 Å². The molecule has 8 heteroatoms. The summed E-state index contributed by atoms with van der Waals surface area (Å²) in [6, 6.07) is 14.5. The third-order valence-electron chi connectivity index (χ3n) is 3.02. The summed E-state index contributed by atoms with van der Waals surface area (Å²) < 4.78 is 67.2. The molecule has 24 heavy (non-hydrogen) atoms. The minimum atomic E-state index is -4.40. The Kier molecular flexibility index (Phi) is 5.84. The first-order valence-electron chi connectivity index (χ1n) is 7.03. The molecular formula is C16H16F3NO3S. The number of sulfonamides is 1. The summed E-state index contributed by atoms with van der Waals surface area (Å²) in [5.74, 6) is -0.0659. The lowest BCUT2D eigenvalue weighted by Crippen LogP contribution is -2.24. The van der Waals surface area contributed by atoms with E-state index in [2.05, 4.69) is 9.46 Å². The zero-order chi connectivity index (χ0) is 17.6. The summed E-state index contributed by atoms with van der Waals surface area (Å²) in [5.41, 5.74) is 1.28. The van der Waals surface area contributed by atoms with Crippen molar-refractivity contribution in [1.29, 1.82) is 0 Å². The molecule has 0 unspecified atom stereocenters. The van der Waals surface area contributed by atoms with E-state index in [1.165, 1.54) is 24.3 Å². The van der Waals surface area contributed by atoms with Gasteiger partial charge in [-0.05, 0) is 23.3 Å². The van der Waals surface area contributed by atoms with Crippen molar-refractivity contribution < 1.29 is 26.3 Å². The van der Waals surface area contributed by atoms with Crippen molar-refractivity contribution in [3.8, 4) is 5.75 Å². The highest BCUT2D eigenvalue weighted by molar-refractivity contribution is 7.88. The van der Waals surface area contributed by atoms with Crippen molar-refractivity contribution in [2.24, 2.45) is 0 Å². The van der Waals surface area contributed by atoms with Crippen LogP contribution in [0.5, 0.6) is 5.75 Å². The van der Waals surface area contributed by atoms with Crippen molar-refractivity contribution in [3.63, 3.8) is 0 Å². The van der Waals surface area contributed by atoms with Crippen LogP contribution in [0.3, 0.4) is 0 Å². The fourth-order valence-electron chi connectivity index (χ4n) is 1.91. The molecule has 0 radical (unpaired) electrons. The Morgan fingerprint density at radius 3 is 2.12 bits per heavy atom. The zero-order valence-electron chi connectivity index (χ0n) is 12.6. The largest absolute Gasteiger partial charge is 0.484 e. The predicted octanol–water partition coefficient (Wildman–Crippen LogP) is 3.25. The molecule has 0 bridgehead atoms. The highest BCUT2D eigenvalue weighted by Gasteiger charge is 2.28. The number of hydrogen-bond donors (Lipinski definition) is 1. The van der Waals surface area contributed by atoms with Gasteiger partial charge >= 0.3 is 6.18 Å². The SMILES string of the molecule is O=S(=O)(Cc1ccccc1)NCc1ccc(OCC(F)(F)F)cc1. The van der Waals surface area contributed by atoms with Crippen molar-refractivity contribution in [3.05, 3.63) is 65.7 Å². The van der Waals surface area contributed by atoms with Crippen LogP contribution in [-0.2, 0) is 22.3 Å². The number of rotatable bonds is 7. The zero-order valence-corrected chi connectivity index (χ0v) is 13.4. The second kappa shape index (κ2) is 7.67. The fourth-order valence-corrected chi connectivity index (χ4v) is 3.03. The Labute approximate surface area is 138 Å². The average molecular weight is 359 g/mol. The van der Waals surface area contributed by atoms with E-state index in [-0.39, 0.29) is 18.0 Å².